The first kappa shape index (κ1) is 17.4. The second kappa shape index (κ2) is 6.12. The minimum Gasteiger partial charge on any atom is -0.508 e. The summed E-state index contributed by atoms with van der Waals surface area (Å²) in [6, 6.07) is 5.47. The largest absolute Gasteiger partial charge is 0.508 e. The van der Waals surface area contributed by atoms with E-state index in [2.05, 4.69) is 5.32 Å². The summed E-state index contributed by atoms with van der Waals surface area (Å²) in [6.45, 7) is 1.04. The zero-order valence-electron chi connectivity index (χ0n) is 13.9. The van der Waals surface area contributed by atoms with Gasteiger partial charge >= 0.3 is 5.97 Å². The third kappa shape index (κ3) is 2.40. The summed E-state index contributed by atoms with van der Waals surface area (Å²) in [6.07, 6.45) is 0. The van der Waals surface area contributed by atoms with E-state index in [4.69, 9.17) is 4.74 Å². The maximum absolute atomic E-state index is 12.6. The zero-order chi connectivity index (χ0) is 18.4. The average Bonchev–Trinajstić information content (AvgIpc) is 3.06. The maximum atomic E-state index is 12.6. The molecule has 8 nitrogen and oxygen atoms in total. The van der Waals surface area contributed by atoms with Gasteiger partial charge in [0.1, 0.15) is 5.75 Å². The third-order valence-electron chi connectivity index (χ3n) is 5.02. The van der Waals surface area contributed by atoms with E-state index >= 15 is 0 Å². The van der Waals surface area contributed by atoms with E-state index in [-0.39, 0.29) is 12.4 Å². The van der Waals surface area contributed by atoms with Gasteiger partial charge in [0, 0.05) is 13.1 Å². The molecule has 2 saturated heterocycles. The molecule has 0 spiro atoms. The molecule has 134 valence electrons. The number of hydrogen-bond donors (Lipinski definition) is 3. The smallest absolute Gasteiger partial charge is 0.329 e. The number of esters is 1. The molecule has 3 N–H and O–H groups in total. The summed E-state index contributed by atoms with van der Waals surface area (Å²) in [7, 11) is 1.37. The summed E-state index contributed by atoms with van der Waals surface area (Å²) < 4.78 is 5.07. The van der Waals surface area contributed by atoms with Crippen LogP contribution in [0.5, 0.6) is 5.75 Å². The van der Waals surface area contributed by atoms with Gasteiger partial charge in [0.25, 0.3) is 0 Å². The number of aliphatic hydroxyl groups excluding tert-OH is 1. The Labute approximate surface area is 144 Å². The quantitative estimate of drug-likeness (QED) is 0.499. The summed E-state index contributed by atoms with van der Waals surface area (Å²) in [5.74, 6) is -3.52. The molecule has 0 aromatic heterocycles. The fraction of sp³-hybridized carbons (Fsp3) is 0.471. The van der Waals surface area contributed by atoms with E-state index in [9.17, 15) is 24.6 Å². The molecule has 8 heteroatoms. The van der Waals surface area contributed by atoms with Crippen molar-refractivity contribution in [2.24, 2.45) is 11.8 Å². The molecule has 1 aromatic rings. The van der Waals surface area contributed by atoms with Gasteiger partial charge in [-0.25, -0.2) is 4.79 Å². The highest BCUT2D eigenvalue weighted by Gasteiger charge is 2.68. The minimum atomic E-state index is -1.68. The lowest BCUT2D eigenvalue weighted by Gasteiger charge is -2.30. The monoisotopic (exact) mass is 348 g/mol. The molecule has 0 radical (unpaired) electrons. The Morgan fingerprint density at radius 1 is 1.28 bits per heavy atom. The Bertz CT molecular complexity index is 718. The predicted molar refractivity (Wildman–Crippen MR) is 85.2 cm³/mol. The van der Waals surface area contributed by atoms with Crippen molar-refractivity contribution >= 4 is 17.8 Å². The number of nitrogens with zero attached hydrogens (tertiary/aromatic N) is 1. The molecule has 25 heavy (non-hydrogen) atoms. The van der Waals surface area contributed by atoms with Crippen LogP contribution < -0.4 is 5.32 Å². The van der Waals surface area contributed by atoms with Gasteiger partial charge in [0.2, 0.25) is 11.8 Å². The van der Waals surface area contributed by atoms with Gasteiger partial charge in [0.15, 0.2) is 5.54 Å². The van der Waals surface area contributed by atoms with Gasteiger partial charge in [-0.05, 0) is 24.6 Å². The number of likely N-dealkylation sites (tertiary alicyclic amines) is 1. The van der Waals surface area contributed by atoms with Gasteiger partial charge in [0.05, 0.1) is 25.0 Å². The van der Waals surface area contributed by atoms with Crippen LogP contribution in [-0.2, 0) is 19.1 Å². The fourth-order valence-corrected chi connectivity index (χ4v) is 3.77. The lowest BCUT2D eigenvalue weighted by molar-refractivity contribution is -0.158. The van der Waals surface area contributed by atoms with E-state index in [1.165, 1.54) is 19.2 Å². The molecule has 2 aliphatic heterocycles. The summed E-state index contributed by atoms with van der Waals surface area (Å²) in [5.41, 5.74) is -1.05. The Morgan fingerprint density at radius 2 is 1.92 bits per heavy atom. The highest BCUT2D eigenvalue weighted by Crippen LogP contribution is 2.48. The average molecular weight is 348 g/mol. The van der Waals surface area contributed by atoms with Crippen molar-refractivity contribution in [1.29, 1.82) is 0 Å². The number of hydrogen-bond acceptors (Lipinski definition) is 7. The Kier molecular flexibility index (Phi) is 4.26. The molecule has 0 aliphatic carbocycles. The number of ether oxygens (including phenoxy) is 1. The van der Waals surface area contributed by atoms with Crippen molar-refractivity contribution in [3.05, 3.63) is 29.8 Å². The van der Waals surface area contributed by atoms with Crippen LogP contribution in [0.1, 0.15) is 18.5 Å². The third-order valence-corrected chi connectivity index (χ3v) is 5.02. The fourth-order valence-electron chi connectivity index (χ4n) is 3.77. The van der Waals surface area contributed by atoms with Gasteiger partial charge in [-0.2, -0.15) is 0 Å². The highest BCUT2D eigenvalue weighted by atomic mass is 16.5. The lowest BCUT2D eigenvalue weighted by atomic mass is 9.79. The van der Waals surface area contributed by atoms with Crippen LogP contribution in [0.2, 0.25) is 0 Å². The van der Waals surface area contributed by atoms with Crippen LogP contribution in [0.3, 0.4) is 0 Å². The Hall–Kier alpha value is -2.45. The lowest BCUT2D eigenvalue weighted by Crippen LogP contribution is -2.58. The molecule has 4 atom stereocenters. The first-order valence-electron chi connectivity index (χ1n) is 8.03. The topological polar surface area (TPSA) is 116 Å². The first-order valence-corrected chi connectivity index (χ1v) is 8.03. The number of amides is 2. The number of aromatic hydroxyl groups is 1. The second-order valence-corrected chi connectivity index (χ2v) is 6.30. The van der Waals surface area contributed by atoms with Crippen LogP contribution in [0.25, 0.3) is 0 Å². The van der Waals surface area contributed by atoms with Crippen molar-refractivity contribution in [3.8, 4) is 5.75 Å². The zero-order valence-corrected chi connectivity index (χ0v) is 13.9. The number of carbonyl (C=O) groups excluding carboxylic acids is 3. The van der Waals surface area contributed by atoms with Crippen molar-refractivity contribution in [2.45, 2.75) is 18.5 Å². The predicted octanol–water partition coefficient (Wildman–Crippen LogP) is -0.438. The number of phenolic OH excluding ortho intramolecular Hbond substituents is 1. The van der Waals surface area contributed by atoms with Crippen LogP contribution in [0.4, 0.5) is 0 Å². The van der Waals surface area contributed by atoms with E-state index < -0.39 is 47.8 Å². The number of fused-ring (bicyclic) bond motifs is 1. The number of aliphatic hydroxyl groups is 1. The first-order chi connectivity index (χ1) is 11.9. The number of rotatable bonds is 4. The molecule has 3 rings (SSSR count). The maximum Gasteiger partial charge on any atom is 0.329 e. The van der Waals surface area contributed by atoms with Crippen molar-refractivity contribution < 1.29 is 29.3 Å². The minimum absolute atomic E-state index is 0.0584. The molecule has 0 bridgehead atoms. The van der Waals surface area contributed by atoms with Gasteiger partial charge in [-0.15, -0.1) is 0 Å². The molecule has 2 amide bonds. The normalized spacial score (nSPS) is 31.3. The number of imide groups is 1. The van der Waals surface area contributed by atoms with Crippen LogP contribution in [0.15, 0.2) is 24.3 Å². The molecule has 2 fully saturated rings. The van der Waals surface area contributed by atoms with Gasteiger partial charge in [-0.1, -0.05) is 12.1 Å². The highest BCUT2D eigenvalue weighted by molar-refractivity contribution is 6.09. The van der Waals surface area contributed by atoms with Crippen LogP contribution in [0, 0.1) is 11.8 Å². The summed E-state index contributed by atoms with van der Waals surface area (Å²) in [5, 5.41) is 22.4. The van der Waals surface area contributed by atoms with E-state index in [1.54, 1.807) is 19.1 Å². The SMILES string of the molecule is CCOC(=O)C1(CO)NC(c2ccc(O)cc2)C2C(=O)N(C)C(=O)C21. The van der Waals surface area contributed by atoms with Crippen LogP contribution in [-0.4, -0.2) is 58.7 Å². The van der Waals surface area contributed by atoms with Crippen molar-refractivity contribution in [2.75, 3.05) is 20.3 Å². The molecular formula is C17H20N2O6. The van der Waals surface area contributed by atoms with Gasteiger partial charge < -0.3 is 14.9 Å². The second-order valence-electron chi connectivity index (χ2n) is 6.30. The molecule has 1 aromatic carbocycles. The Morgan fingerprint density at radius 3 is 2.48 bits per heavy atom. The van der Waals surface area contributed by atoms with Crippen molar-refractivity contribution in [3.63, 3.8) is 0 Å². The number of nitrogens with one attached hydrogen (secondary N) is 1. The van der Waals surface area contributed by atoms with E-state index in [1.807, 2.05) is 0 Å². The molecule has 2 heterocycles. The van der Waals surface area contributed by atoms with Gasteiger partial charge in [-0.3, -0.25) is 19.8 Å². The molecule has 0 saturated carbocycles. The number of benzene rings is 1. The van der Waals surface area contributed by atoms with E-state index in [0.29, 0.717) is 5.56 Å². The molecule has 2 aliphatic rings. The summed E-state index contributed by atoms with van der Waals surface area (Å²) in [4.78, 5) is 38.8. The standard InChI is InChI=1S/C17H20N2O6/c1-3-25-16(24)17(8-20)12-11(14(22)19(2)15(12)23)13(18-17)9-4-6-10(21)7-5-9/h4-7,11-13,18,20-21H,3,8H2,1-2H3. The molecular weight excluding hydrogens is 328 g/mol. The van der Waals surface area contributed by atoms with E-state index in [0.717, 1.165) is 4.90 Å². The summed E-state index contributed by atoms with van der Waals surface area (Å²) >= 11 is 0. The molecule has 4 unspecified atom stereocenters. The Balaban J connectivity index is 2.10. The number of phenols is 1. The number of carbonyl (C=O) groups is 3. The van der Waals surface area contributed by atoms with Crippen LogP contribution >= 0.6 is 0 Å². The van der Waals surface area contributed by atoms with Crippen molar-refractivity contribution in [1.82, 2.24) is 10.2 Å².